The lowest BCUT2D eigenvalue weighted by Crippen LogP contribution is -2.27. The average molecular weight is 486 g/mol. The summed E-state index contributed by atoms with van der Waals surface area (Å²) in [4.78, 5) is 17.4. The van der Waals surface area contributed by atoms with Crippen LogP contribution in [0.5, 0.6) is 0 Å². The summed E-state index contributed by atoms with van der Waals surface area (Å²) in [7, 11) is -2.33. The van der Waals surface area contributed by atoms with Gasteiger partial charge in [0, 0.05) is 13.6 Å². The van der Waals surface area contributed by atoms with Crippen LogP contribution in [0, 0.1) is 6.92 Å². The molecule has 32 heavy (non-hydrogen) atoms. The van der Waals surface area contributed by atoms with Crippen LogP contribution in [-0.4, -0.2) is 30.7 Å². The summed E-state index contributed by atoms with van der Waals surface area (Å²) in [6.07, 6.45) is 0. The zero-order valence-corrected chi connectivity index (χ0v) is 19.8. The first kappa shape index (κ1) is 22.4. The van der Waals surface area contributed by atoms with E-state index in [4.69, 9.17) is 11.6 Å². The van der Waals surface area contributed by atoms with Crippen molar-refractivity contribution in [1.29, 1.82) is 0 Å². The third kappa shape index (κ3) is 4.54. The van der Waals surface area contributed by atoms with Crippen molar-refractivity contribution in [2.45, 2.75) is 18.4 Å². The highest BCUT2D eigenvalue weighted by atomic mass is 35.5. The van der Waals surface area contributed by atoms with Crippen LogP contribution < -0.4 is 5.32 Å². The van der Waals surface area contributed by atoms with E-state index in [1.54, 1.807) is 0 Å². The number of halogens is 1. The van der Waals surface area contributed by atoms with E-state index in [1.165, 1.54) is 40.9 Å². The molecule has 6 nitrogen and oxygen atoms in total. The number of fused-ring (bicyclic) bond motifs is 1. The molecule has 0 radical (unpaired) electrons. The predicted octanol–water partition coefficient (Wildman–Crippen LogP) is 5.33. The Kier molecular flexibility index (Phi) is 6.30. The number of nitrogens with zero attached hydrogens (tertiary/aromatic N) is 2. The Morgan fingerprint density at radius 1 is 1.09 bits per heavy atom. The van der Waals surface area contributed by atoms with Gasteiger partial charge in [-0.05, 0) is 42.3 Å². The van der Waals surface area contributed by atoms with Crippen LogP contribution in [0.4, 0.5) is 5.13 Å². The molecule has 0 aliphatic carbocycles. The van der Waals surface area contributed by atoms with Gasteiger partial charge in [0.05, 0.1) is 25.7 Å². The van der Waals surface area contributed by atoms with Crippen LogP contribution in [0.3, 0.4) is 0 Å². The normalized spacial score (nSPS) is 11.8. The molecule has 1 heterocycles. The number of anilines is 1. The summed E-state index contributed by atoms with van der Waals surface area (Å²) >= 11 is 7.58. The lowest BCUT2D eigenvalue weighted by atomic mass is 10.2. The molecule has 0 saturated carbocycles. The van der Waals surface area contributed by atoms with Crippen molar-refractivity contribution in [3.8, 4) is 0 Å². The van der Waals surface area contributed by atoms with Crippen molar-refractivity contribution < 1.29 is 13.2 Å². The van der Waals surface area contributed by atoms with Gasteiger partial charge in [0.15, 0.2) is 5.13 Å². The number of rotatable bonds is 6. The molecule has 1 aromatic heterocycles. The minimum atomic E-state index is -3.83. The monoisotopic (exact) mass is 485 g/mol. The van der Waals surface area contributed by atoms with E-state index in [2.05, 4.69) is 10.3 Å². The fourth-order valence-electron chi connectivity index (χ4n) is 3.25. The molecule has 164 valence electrons. The van der Waals surface area contributed by atoms with Crippen LogP contribution >= 0.6 is 22.9 Å². The molecule has 0 atom stereocenters. The lowest BCUT2D eigenvalue weighted by Gasteiger charge is -2.18. The van der Waals surface area contributed by atoms with Crippen molar-refractivity contribution in [3.63, 3.8) is 0 Å². The number of carbonyl (C=O) groups excluding carboxylic acids is 1. The SMILES string of the molecule is Cc1cccc2sc(NC(=O)c3cc(S(=O)(=O)N(C)Cc4ccccc4)ccc3Cl)nc12. The smallest absolute Gasteiger partial charge is 0.259 e. The predicted molar refractivity (Wildman–Crippen MR) is 129 cm³/mol. The minimum Gasteiger partial charge on any atom is -0.298 e. The number of hydrogen-bond acceptors (Lipinski definition) is 5. The Bertz CT molecular complexity index is 1400. The summed E-state index contributed by atoms with van der Waals surface area (Å²) in [6.45, 7) is 2.16. The first-order valence-corrected chi connectivity index (χ1v) is 12.4. The van der Waals surface area contributed by atoms with Gasteiger partial charge < -0.3 is 0 Å². The number of nitrogens with one attached hydrogen (secondary N) is 1. The number of benzene rings is 3. The van der Waals surface area contributed by atoms with Crippen molar-refractivity contribution in [3.05, 3.63) is 88.4 Å². The Morgan fingerprint density at radius 3 is 2.56 bits per heavy atom. The second-order valence-electron chi connectivity index (χ2n) is 7.28. The summed E-state index contributed by atoms with van der Waals surface area (Å²) in [5.41, 5.74) is 2.75. The first-order chi connectivity index (χ1) is 15.3. The van der Waals surface area contributed by atoms with Crippen molar-refractivity contribution >= 4 is 54.2 Å². The molecule has 3 aromatic carbocycles. The van der Waals surface area contributed by atoms with E-state index in [9.17, 15) is 13.2 Å². The van der Waals surface area contributed by atoms with Gasteiger partial charge in [-0.15, -0.1) is 0 Å². The summed E-state index contributed by atoms with van der Waals surface area (Å²) in [6, 6.07) is 19.2. The zero-order valence-electron chi connectivity index (χ0n) is 17.4. The van der Waals surface area contributed by atoms with Gasteiger partial charge in [-0.3, -0.25) is 10.1 Å². The number of carbonyl (C=O) groups is 1. The maximum Gasteiger partial charge on any atom is 0.259 e. The summed E-state index contributed by atoms with van der Waals surface area (Å²) in [5, 5.41) is 3.32. The highest BCUT2D eigenvalue weighted by molar-refractivity contribution is 7.89. The van der Waals surface area contributed by atoms with Gasteiger partial charge in [0.1, 0.15) is 0 Å². The third-order valence-corrected chi connectivity index (χ3v) is 8.04. The molecule has 0 spiro atoms. The van der Waals surface area contributed by atoms with Crippen LogP contribution in [-0.2, 0) is 16.6 Å². The van der Waals surface area contributed by atoms with Gasteiger partial charge in [0.25, 0.3) is 5.91 Å². The molecule has 1 N–H and O–H groups in total. The van der Waals surface area contributed by atoms with Crippen molar-refractivity contribution in [2.24, 2.45) is 0 Å². The zero-order chi connectivity index (χ0) is 22.9. The third-order valence-electron chi connectivity index (χ3n) is 4.98. The molecular weight excluding hydrogens is 466 g/mol. The number of amides is 1. The molecule has 4 rings (SSSR count). The maximum absolute atomic E-state index is 13.1. The Morgan fingerprint density at radius 2 is 1.84 bits per heavy atom. The van der Waals surface area contributed by atoms with Gasteiger partial charge in [-0.25, -0.2) is 13.4 Å². The molecule has 0 aliphatic rings. The van der Waals surface area contributed by atoms with Gasteiger partial charge >= 0.3 is 0 Å². The van der Waals surface area contributed by atoms with Gasteiger partial charge in [-0.2, -0.15) is 4.31 Å². The number of para-hydroxylation sites is 1. The number of sulfonamides is 1. The molecule has 0 saturated heterocycles. The quantitative estimate of drug-likeness (QED) is 0.400. The van der Waals surface area contributed by atoms with E-state index >= 15 is 0 Å². The number of aromatic nitrogens is 1. The highest BCUT2D eigenvalue weighted by Gasteiger charge is 2.24. The van der Waals surface area contributed by atoms with Gasteiger partial charge in [0.2, 0.25) is 10.0 Å². The summed E-state index contributed by atoms with van der Waals surface area (Å²) < 4.78 is 28.3. The fourth-order valence-corrected chi connectivity index (χ4v) is 5.58. The minimum absolute atomic E-state index is 0.00868. The van der Waals surface area contributed by atoms with Crippen LogP contribution in [0.2, 0.25) is 5.02 Å². The Balaban J connectivity index is 1.59. The molecule has 0 fully saturated rings. The Labute approximate surface area is 195 Å². The van der Waals surface area contributed by atoms with E-state index < -0.39 is 15.9 Å². The van der Waals surface area contributed by atoms with E-state index in [0.717, 1.165) is 21.3 Å². The van der Waals surface area contributed by atoms with E-state index in [0.29, 0.717) is 5.13 Å². The lowest BCUT2D eigenvalue weighted by molar-refractivity contribution is 0.102. The average Bonchev–Trinajstić information content (AvgIpc) is 3.18. The standard InChI is InChI=1S/C23H20ClN3O3S2/c1-15-7-6-10-20-21(15)25-23(31-20)26-22(28)18-13-17(11-12-19(18)24)32(29,30)27(2)14-16-8-4-3-5-9-16/h3-13H,14H2,1-2H3,(H,25,26,28). The first-order valence-electron chi connectivity index (χ1n) is 9.73. The largest absolute Gasteiger partial charge is 0.298 e. The molecule has 0 unspecified atom stereocenters. The van der Waals surface area contributed by atoms with Crippen molar-refractivity contribution in [2.75, 3.05) is 12.4 Å². The molecule has 0 bridgehead atoms. The fraction of sp³-hybridized carbons (Fsp3) is 0.130. The van der Waals surface area contributed by atoms with Crippen LogP contribution in [0.15, 0.2) is 71.6 Å². The number of hydrogen-bond donors (Lipinski definition) is 1. The number of thiazole rings is 1. The molecule has 1 amide bonds. The second kappa shape index (κ2) is 8.99. The maximum atomic E-state index is 13.1. The van der Waals surface area contributed by atoms with E-state index in [-0.39, 0.29) is 22.0 Å². The van der Waals surface area contributed by atoms with Crippen molar-refractivity contribution in [1.82, 2.24) is 9.29 Å². The summed E-state index contributed by atoms with van der Waals surface area (Å²) in [5.74, 6) is -0.519. The second-order valence-corrected chi connectivity index (χ2v) is 10.8. The highest BCUT2D eigenvalue weighted by Crippen LogP contribution is 2.29. The van der Waals surface area contributed by atoms with E-state index in [1.807, 2.05) is 55.5 Å². The molecule has 0 aliphatic heterocycles. The van der Waals surface area contributed by atoms with Crippen LogP contribution in [0.1, 0.15) is 21.5 Å². The Hall–Kier alpha value is -2.78. The van der Waals surface area contributed by atoms with Gasteiger partial charge in [-0.1, -0.05) is 65.4 Å². The number of aryl methyl sites for hydroxylation is 1. The van der Waals surface area contributed by atoms with Crippen LogP contribution in [0.25, 0.3) is 10.2 Å². The molecule has 4 aromatic rings. The topological polar surface area (TPSA) is 79.4 Å². The molecular formula is C23H20ClN3O3S2. The molecule has 9 heteroatoms.